The molecule has 1 saturated heterocycles. The molecule has 0 spiro atoms. The number of rotatable bonds is 3. The van der Waals surface area contributed by atoms with E-state index in [2.05, 4.69) is 9.80 Å². The van der Waals surface area contributed by atoms with Gasteiger partial charge in [-0.1, -0.05) is 12.1 Å². The van der Waals surface area contributed by atoms with Gasteiger partial charge in [0.05, 0.1) is 11.3 Å². The molecule has 18 heavy (non-hydrogen) atoms. The van der Waals surface area contributed by atoms with E-state index in [0.717, 1.165) is 31.9 Å². The van der Waals surface area contributed by atoms with Crippen LogP contribution in [0.1, 0.15) is 13.8 Å². The summed E-state index contributed by atoms with van der Waals surface area (Å²) in [6, 6.07) is 7.45. The van der Waals surface area contributed by atoms with Gasteiger partial charge >= 0.3 is 0 Å². The number of aliphatic hydroxyl groups is 1. The Balaban J connectivity index is 1.93. The quantitative estimate of drug-likeness (QED) is 0.848. The maximum absolute atomic E-state index is 9.82. The smallest absolute Gasteiger partial charge is 0.138 e. The van der Waals surface area contributed by atoms with Gasteiger partial charge in [0.1, 0.15) is 5.75 Å². The van der Waals surface area contributed by atoms with Crippen LogP contribution in [0, 0.1) is 0 Å². The molecule has 0 aliphatic carbocycles. The normalized spacial score (nSPS) is 18.1. The van der Waals surface area contributed by atoms with Gasteiger partial charge in [-0.25, -0.2) is 0 Å². The zero-order valence-electron chi connectivity index (χ0n) is 11.1. The number of β-amino-alcohol motifs (C(OH)–C–C–N with tert-alkyl or cyclic N) is 1. The zero-order chi connectivity index (χ0) is 13.2. The van der Waals surface area contributed by atoms with Gasteiger partial charge < -0.3 is 15.1 Å². The number of anilines is 1. The van der Waals surface area contributed by atoms with Crippen LogP contribution < -0.4 is 4.90 Å². The summed E-state index contributed by atoms with van der Waals surface area (Å²) in [4.78, 5) is 4.45. The first-order valence-corrected chi connectivity index (χ1v) is 6.43. The van der Waals surface area contributed by atoms with Crippen molar-refractivity contribution in [3.63, 3.8) is 0 Å². The third-order valence-corrected chi connectivity index (χ3v) is 3.21. The van der Waals surface area contributed by atoms with Gasteiger partial charge in [0, 0.05) is 32.7 Å². The van der Waals surface area contributed by atoms with Crippen molar-refractivity contribution in [3.8, 4) is 5.75 Å². The van der Waals surface area contributed by atoms with Gasteiger partial charge in [0.25, 0.3) is 0 Å². The number of hydrogen-bond donors (Lipinski definition) is 2. The summed E-state index contributed by atoms with van der Waals surface area (Å²) in [5.41, 5.74) is 0.261. The van der Waals surface area contributed by atoms with Crippen LogP contribution in [0.4, 0.5) is 5.69 Å². The number of benzene rings is 1. The van der Waals surface area contributed by atoms with Crippen LogP contribution in [0.5, 0.6) is 5.75 Å². The number of piperazine rings is 1. The molecule has 4 nitrogen and oxygen atoms in total. The van der Waals surface area contributed by atoms with E-state index in [1.54, 1.807) is 6.07 Å². The van der Waals surface area contributed by atoms with Gasteiger partial charge in [-0.15, -0.1) is 0 Å². The van der Waals surface area contributed by atoms with E-state index in [4.69, 9.17) is 0 Å². The lowest BCUT2D eigenvalue weighted by Crippen LogP contribution is -2.50. The molecule has 0 amide bonds. The summed E-state index contributed by atoms with van der Waals surface area (Å²) in [6.45, 7) is 7.96. The maximum Gasteiger partial charge on any atom is 0.138 e. The number of nitrogens with zero attached hydrogens (tertiary/aromatic N) is 2. The number of phenols is 1. The lowest BCUT2D eigenvalue weighted by Gasteiger charge is -2.38. The molecule has 2 N–H and O–H groups in total. The molecule has 4 heteroatoms. The van der Waals surface area contributed by atoms with Crippen molar-refractivity contribution in [2.45, 2.75) is 19.4 Å². The van der Waals surface area contributed by atoms with E-state index < -0.39 is 5.60 Å². The van der Waals surface area contributed by atoms with Gasteiger partial charge in [-0.2, -0.15) is 0 Å². The second kappa shape index (κ2) is 5.16. The lowest BCUT2D eigenvalue weighted by molar-refractivity contribution is 0.0345. The summed E-state index contributed by atoms with van der Waals surface area (Å²) < 4.78 is 0. The molecule has 1 heterocycles. The standard InChI is InChI=1S/C14H22N2O2/c1-14(2,18)11-15-7-9-16(10-8-15)12-5-3-4-6-13(12)17/h3-6,17-18H,7-11H2,1-2H3. The molecular formula is C14H22N2O2. The molecule has 100 valence electrons. The van der Waals surface area contributed by atoms with Crippen molar-refractivity contribution in [2.75, 3.05) is 37.6 Å². The van der Waals surface area contributed by atoms with E-state index in [9.17, 15) is 10.2 Å². The van der Waals surface area contributed by atoms with E-state index >= 15 is 0 Å². The maximum atomic E-state index is 9.82. The van der Waals surface area contributed by atoms with Crippen molar-refractivity contribution in [1.82, 2.24) is 4.90 Å². The Kier molecular flexibility index (Phi) is 3.78. The minimum absolute atomic E-state index is 0.341. The minimum Gasteiger partial charge on any atom is -0.506 e. The van der Waals surface area contributed by atoms with Crippen LogP contribution in [0.25, 0.3) is 0 Å². The van der Waals surface area contributed by atoms with Crippen LogP contribution in [0.3, 0.4) is 0 Å². The largest absolute Gasteiger partial charge is 0.506 e. The fourth-order valence-electron chi connectivity index (χ4n) is 2.43. The second-order valence-corrected chi connectivity index (χ2v) is 5.56. The minimum atomic E-state index is -0.642. The predicted octanol–water partition coefficient (Wildman–Crippen LogP) is 1.29. The van der Waals surface area contributed by atoms with E-state index in [1.807, 2.05) is 32.0 Å². The highest BCUT2D eigenvalue weighted by Gasteiger charge is 2.23. The molecule has 0 atom stereocenters. The topological polar surface area (TPSA) is 46.9 Å². The molecule has 1 aliphatic heterocycles. The first-order valence-electron chi connectivity index (χ1n) is 6.43. The van der Waals surface area contributed by atoms with Gasteiger partial charge in [0.2, 0.25) is 0 Å². The first kappa shape index (κ1) is 13.2. The first-order chi connectivity index (χ1) is 8.46. The molecule has 0 aromatic heterocycles. The molecule has 1 aliphatic rings. The fourth-order valence-corrected chi connectivity index (χ4v) is 2.43. The highest BCUT2D eigenvalue weighted by atomic mass is 16.3. The van der Waals surface area contributed by atoms with Gasteiger partial charge in [-0.05, 0) is 26.0 Å². The summed E-state index contributed by atoms with van der Waals surface area (Å²) in [7, 11) is 0. The fraction of sp³-hybridized carbons (Fsp3) is 0.571. The summed E-state index contributed by atoms with van der Waals surface area (Å²) in [6.07, 6.45) is 0. The van der Waals surface area contributed by atoms with Crippen LogP contribution in [-0.4, -0.2) is 53.4 Å². The Morgan fingerprint density at radius 1 is 1.11 bits per heavy atom. The average Bonchev–Trinajstić information content (AvgIpc) is 2.29. The second-order valence-electron chi connectivity index (χ2n) is 5.56. The highest BCUT2D eigenvalue weighted by Crippen LogP contribution is 2.27. The third kappa shape index (κ3) is 3.37. The number of phenolic OH excluding ortho intramolecular Hbond substituents is 1. The van der Waals surface area contributed by atoms with Crippen molar-refractivity contribution in [1.29, 1.82) is 0 Å². The van der Waals surface area contributed by atoms with Crippen molar-refractivity contribution in [2.24, 2.45) is 0 Å². The van der Waals surface area contributed by atoms with Crippen molar-refractivity contribution in [3.05, 3.63) is 24.3 Å². The van der Waals surface area contributed by atoms with Crippen molar-refractivity contribution < 1.29 is 10.2 Å². The summed E-state index contributed by atoms with van der Waals surface area (Å²) >= 11 is 0. The Hall–Kier alpha value is -1.26. The van der Waals surface area contributed by atoms with Gasteiger partial charge in [-0.3, -0.25) is 4.90 Å². The van der Waals surface area contributed by atoms with E-state index in [-0.39, 0.29) is 0 Å². The highest BCUT2D eigenvalue weighted by molar-refractivity contribution is 5.57. The third-order valence-electron chi connectivity index (χ3n) is 3.21. The Bertz CT molecular complexity index is 393. The van der Waals surface area contributed by atoms with Gasteiger partial charge in [0.15, 0.2) is 0 Å². The molecule has 0 saturated carbocycles. The molecule has 1 aromatic rings. The predicted molar refractivity (Wildman–Crippen MR) is 73.1 cm³/mol. The van der Waals surface area contributed by atoms with Crippen LogP contribution in [-0.2, 0) is 0 Å². The SMILES string of the molecule is CC(C)(O)CN1CCN(c2ccccc2O)CC1. The zero-order valence-corrected chi connectivity index (χ0v) is 11.1. The lowest BCUT2D eigenvalue weighted by atomic mass is 10.1. The molecule has 0 unspecified atom stereocenters. The van der Waals surface area contributed by atoms with Crippen LogP contribution in [0.15, 0.2) is 24.3 Å². The monoisotopic (exact) mass is 250 g/mol. The average molecular weight is 250 g/mol. The number of para-hydroxylation sites is 2. The van der Waals surface area contributed by atoms with E-state index in [0.29, 0.717) is 12.3 Å². The Labute approximate surface area is 108 Å². The van der Waals surface area contributed by atoms with Crippen LogP contribution in [0.2, 0.25) is 0 Å². The van der Waals surface area contributed by atoms with Crippen LogP contribution >= 0.6 is 0 Å². The van der Waals surface area contributed by atoms with Crippen molar-refractivity contribution >= 4 is 5.69 Å². The van der Waals surface area contributed by atoms with E-state index in [1.165, 1.54) is 0 Å². The Morgan fingerprint density at radius 2 is 1.72 bits per heavy atom. The molecule has 1 aromatic carbocycles. The summed E-state index contributed by atoms with van der Waals surface area (Å²) in [5.74, 6) is 0.341. The Morgan fingerprint density at radius 3 is 2.28 bits per heavy atom. The molecular weight excluding hydrogens is 228 g/mol. The summed E-state index contributed by atoms with van der Waals surface area (Å²) in [5, 5.41) is 19.6. The molecule has 1 fully saturated rings. The number of hydrogen-bond acceptors (Lipinski definition) is 4. The molecule has 0 bridgehead atoms. The molecule has 0 radical (unpaired) electrons. The number of aromatic hydroxyl groups is 1. The molecule has 2 rings (SSSR count).